The van der Waals surface area contributed by atoms with Crippen molar-refractivity contribution in [3.63, 3.8) is 0 Å². The SMILES string of the molecule is Cc1ccccc1C1CN(C(=O)c2ccc(F)cc2)CC1C(=O)O. The number of amides is 1. The Labute approximate surface area is 139 Å². The molecule has 4 nitrogen and oxygen atoms in total. The van der Waals surface area contributed by atoms with Gasteiger partial charge in [-0.2, -0.15) is 0 Å². The van der Waals surface area contributed by atoms with Crippen LogP contribution in [-0.2, 0) is 4.79 Å². The Morgan fingerprint density at radius 1 is 1.08 bits per heavy atom. The van der Waals surface area contributed by atoms with Crippen LogP contribution in [0.2, 0.25) is 0 Å². The van der Waals surface area contributed by atoms with Crippen molar-refractivity contribution >= 4 is 11.9 Å². The Bertz CT molecular complexity index is 772. The zero-order valence-electron chi connectivity index (χ0n) is 13.3. The fourth-order valence-electron chi connectivity index (χ4n) is 3.31. The minimum absolute atomic E-state index is 0.157. The van der Waals surface area contributed by atoms with Crippen molar-refractivity contribution in [3.05, 3.63) is 71.0 Å². The highest BCUT2D eigenvalue weighted by Gasteiger charge is 2.41. The maximum atomic E-state index is 13.0. The van der Waals surface area contributed by atoms with E-state index in [0.717, 1.165) is 11.1 Å². The molecule has 0 bridgehead atoms. The summed E-state index contributed by atoms with van der Waals surface area (Å²) < 4.78 is 13.0. The van der Waals surface area contributed by atoms with Crippen molar-refractivity contribution in [2.24, 2.45) is 5.92 Å². The van der Waals surface area contributed by atoms with Gasteiger partial charge in [0.25, 0.3) is 5.91 Å². The number of hydrogen-bond acceptors (Lipinski definition) is 2. The minimum atomic E-state index is -0.905. The predicted octanol–water partition coefficient (Wildman–Crippen LogP) is 3.07. The summed E-state index contributed by atoms with van der Waals surface area (Å²) in [6.07, 6.45) is 0. The lowest BCUT2D eigenvalue weighted by atomic mass is 9.86. The van der Waals surface area contributed by atoms with Crippen LogP contribution in [0.1, 0.15) is 27.4 Å². The summed E-state index contributed by atoms with van der Waals surface area (Å²) in [4.78, 5) is 25.8. The molecule has 1 N–H and O–H groups in total. The first-order valence-electron chi connectivity index (χ1n) is 7.80. The number of likely N-dealkylation sites (tertiary alicyclic amines) is 1. The molecule has 0 radical (unpaired) electrons. The number of hydrogen-bond donors (Lipinski definition) is 1. The Balaban J connectivity index is 1.88. The quantitative estimate of drug-likeness (QED) is 0.942. The summed E-state index contributed by atoms with van der Waals surface area (Å²) in [6.45, 7) is 2.45. The topological polar surface area (TPSA) is 57.6 Å². The van der Waals surface area contributed by atoms with Gasteiger partial charge in [0, 0.05) is 24.6 Å². The summed E-state index contributed by atoms with van der Waals surface area (Å²) in [7, 11) is 0. The number of carboxylic acids is 1. The van der Waals surface area contributed by atoms with Gasteiger partial charge in [0.05, 0.1) is 5.92 Å². The number of carbonyl (C=O) groups is 2. The molecule has 3 rings (SSSR count). The summed E-state index contributed by atoms with van der Waals surface area (Å²) in [5, 5.41) is 9.55. The second-order valence-electron chi connectivity index (χ2n) is 6.12. The monoisotopic (exact) mass is 327 g/mol. The first kappa shape index (κ1) is 16.2. The third-order valence-electron chi connectivity index (χ3n) is 4.60. The van der Waals surface area contributed by atoms with Crippen LogP contribution >= 0.6 is 0 Å². The average molecular weight is 327 g/mol. The summed E-state index contributed by atoms with van der Waals surface area (Å²) in [5.41, 5.74) is 2.34. The Kier molecular flexibility index (Phi) is 4.34. The highest BCUT2D eigenvalue weighted by Crippen LogP contribution is 2.35. The molecular weight excluding hydrogens is 309 g/mol. The number of halogens is 1. The Morgan fingerprint density at radius 3 is 2.38 bits per heavy atom. The molecule has 1 aliphatic heterocycles. The van der Waals surface area contributed by atoms with E-state index in [1.807, 2.05) is 31.2 Å². The lowest BCUT2D eigenvalue weighted by molar-refractivity contribution is -0.141. The number of aliphatic carboxylic acids is 1. The highest BCUT2D eigenvalue weighted by atomic mass is 19.1. The molecule has 1 amide bonds. The second-order valence-corrected chi connectivity index (χ2v) is 6.12. The standard InChI is InChI=1S/C19H18FNO3/c1-12-4-2-3-5-15(12)16-10-21(11-17(16)19(23)24)18(22)13-6-8-14(20)9-7-13/h2-9,16-17H,10-11H2,1H3,(H,23,24). The maximum Gasteiger partial charge on any atom is 0.308 e. The summed E-state index contributed by atoms with van der Waals surface area (Å²) >= 11 is 0. The molecule has 0 saturated carbocycles. The van der Waals surface area contributed by atoms with Gasteiger partial charge >= 0.3 is 5.97 Å². The fourth-order valence-corrected chi connectivity index (χ4v) is 3.31. The van der Waals surface area contributed by atoms with Crippen LogP contribution in [0, 0.1) is 18.7 Å². The second kappa shape index (κ2) is 6.43. The van der Waals surface area contributed by atoms with E-state index in [4.69, 9.17) is 0 Å². The number of carbonyl (C=O) groups excluding carboxylic acids is 1. The normalized spacial score (nSPS) is 20.2. The largest absolute Gasteiger partial charge is 0.481 e. The van der Waals surface area contributed by atoms with Gasteiger partial charge in [0.2, 0.25) is 0 Å². The number of aryl methyl sites for hydroxylation is 1. The van der Waals surface area contributed by atoms with E-state index in [1.54, 1.807) is 4.90 Å². The fraction of sp³-hybridized carbons (Fsp3) is 0.263. The van der Waals surface area contributed by atoms with E-state index in [9.17, 15) is 19.1 Å². The van der Waals surface area contributed by atoms with Gasteiger partial charge in [-0.05, 0) is 42.3 Å². The van der Waals surface area contributed by atoms with Crippen molar-refractivity contribution in [1.29, 1.82) is 0 Å². The predicted molar refractivity (Wildman–Crippen MR) is 87.3 cm³/mol. The molecule has 1 fully saturated rings. The van der Waals surface area contributed by atoms with Gasteiger partial charge in [-0.3, -0.25) is 9.59 Å². The maximum absolute atomic E-state index is 13.0. The molecule has 1 saturated heterocycles. The third kappa shape index (κ3) is 3.02. The minimum Gasteiger partial charge on any atom is -0.481 e. The molecule has 2 unspecified atom stereocenters. The van der Waals surface area contributed by atoms with Crippen molar-refractivity contribution in [2.75, 3.05) is 13.1 Å². The van der Waals surface area contributed by atoms with Crippen LogP contribution in [0.4, 0.5) is 4.39 Å². The van der Waals surface area contributed by atoms with Crippen LogP contribution in [0.3, 0.4) is 0 Å². The van der Waals surface area contributed by atoms with E-state index in [2.05, 4.69) is 0 Å². The van der Waals surface area contributed by atoms with Gasteiger partial charge in [0.1, 0.15) is 5.82 Å². The molecule has 5 heteroatoms. The van der Waals surface area contributed by atoms with Crippen molar-refractivity contribution in [1.82, 2.24) is 4.90 Å². The van der Waals surface area contributed by atoms with Gasteiger partial charge in [-0.15, -0.1) is 0 Å². The molecule has 1 aliphatic rings. The van der Waals surface area contributed by atoms with Crippen LogP contribution in [0.5, 0.6) is 0 Å². The molecule has 0 aliphatic carbocycles. The molecule has 2 aromatic carbocycles. The van der Waals surface area contributed by atoms with Crippen molar-refractivity contribution in [2.45, 2.75) is 12.8 Å². The molecule has 124 valence electrons. The molecule has 2 aromatic rings. The van der Waals surface area contributed by atoms with Gasteiger partial charge in [0.15, 0.2) is 0 Å². The van der Waals surface area contributed by atoms with E-state index >= 15 is 0 Å². The Morgan fingerprint density at radius 2 is 1.75 bits per heavy atom. The van der Waals surface area contributed by atoms with Crippen molar-refractivity contribution in [3.8, 4) is 0 Å². The van der Waals surface area contributed by atoms with Crippen LogP contribution < -0.4 is 0 Å². The molecule has 0 spiro atoms. The zero-order chi connectivity index (χ0) is 17.3. The lowest BCUT2D eigenvalue weighted by Crippen LogP contribution is -2.29. The van der Waals surface area contributed by atoms with E-state index < -0.39 is 17.7 Å². The van der Waals surface area contributed by atoms with Crippen LogP contribution in [-0.4, -0.2) is 35.0 Å². The number of nitrogens with zero attached hydrogens (tertiary/aromatic N) is 1. The van der Waals surface area contributed by atoms with E-state index in [-0.39, 0.29) is 18.4 Å². The number of rotatable bonds is 3. The molecular formula is C19H18FNO3. The Hall–Kier alpha value is -2.69. The smallest absolute Gasteiger partial charge is 0.308 e. The summed E-state index contributed by atoms with van der Waals surface area (Å²) in [5.74, 6) is -2.47. The first-order chi connectivity index (χ1) is 11.5. The van der Waals surface area contributed by atoms with Gasteiger partial charge < -0.3 is 10.0 Å². The molecule has 1 heterocycles. The van der Waals surface area contributed by atoms with Crippen LogP contribution in [0.25, 0.3) is 0 Å². The van der Waals surface area contributed by atoms with E-state index in [1.165, 1.54) is 24.3 Å². The number of carboxylic acid groups (broad SMARTS) is 1. The van der Waals surface area contributed by atoms with E-state index in [0.29, 0.717) is 12.1 Å². The summed E-state index contributed by atoms with van der Waals surface area (Å²) in [6, 6.07) is 13.0. The first-order valence-corrected chi connectivity index (χ1v) is 7.80. The molecule has 24 heavy (non-hydrogen) atoms. The third-order valence-corrected chi connectivity index (χ3v) is 4.60. The van der Waals surface area contributed by atoms with Crippen LogP contribution in [0.15, 0.2) is 48.5 Å². The van der Waals surface area contributed by atoms with Gasteiger partial charge in [-0.1, -0.05) is 24.3 Å². The number of benzene rings is 2. The molecule has 2 atom stereocenters. The lowest BCUT2D eigenvalue weighted by Gasteiger charge is -2.18. The van der Waals surface area contributed by atoms with Crippen molar-refractivity contribution < 1.29 is 19.1 Å². The highest BCUT2D eigenvalue weighted by molar-refractivity contribution is 5.95. The van der Waals surface area contributed by atoms with Gasteiger partial charge in [-0.25, -0.2) is 4.39 Å². The average Bonchev–Trinajstić information content (AvgIpc) is 3.00. The zero-order valence-corrected chi connectivity index (χ0v) is 13.3. The molecule has 0 aromatic heterocycles.